The zero-order valence-corrected chi connectivity index (χ0v) is 6.28. The third-order valence-corrected chi connectivity index (χ3v) is 1.63. The fraction of sp³-hybridized carbons (Fsp3) is 0.250. The van der Waals surface area contributed by atoms with Crippen molar-refractivity contribution < 1.29 is 19.8 Å². The fourth-order valence-corrected chi connectivity index (χ4v) is 1.02. The van der Waals surface area contributed by atoms with E-state index in [1.54, 1.807) is 0 Å². The van der Waals surface area contributed by atoms with E-state index in [2.05, 4.69) is 0 Å². The molecule has 1 rings (SSSR count). The van der Waals surface area contributed by atoms with Crippen LogP contribution in [0.1, 0.15) is 12.8 Å². The van der Waals surface area contributed by atoms with Gasteiger partial charge in [-0.25, -0.2) is 9.59 Å². The summed E-state index contributed by atoms with van der Waals surface area (Å²) in [6.45, 7) is 0. The first-order chi connectivity index (χ1) is 5.61. The van der Waals surface area contributed by atoms with Crippen molar-refractivity contribution in [3.05, 3.63) is 23.3 Å². The van der Waals surface area contributed by atoms with Crippen LogP contribution in [-0.4, -0.2) is 22.2 Å². The lowest BCUT2D eigenvalue weighted by molar-refractivity contribution is -0.132. The minimum absolute atomic E-state index is 0.0682. The third-order valence-electron chi connectivity index (χ3n) is 1.63. The average Bonchev–Trinajstić information content (AvgIpc) is 2.04. The minimum atomic E-state index is -1.08. The molecule has 1 aliphatic carbocycles. The topological polar surface area (TPSA) is 74.6 Å². The van der Waals surface area contributed by atoms with Crippen molar-refractivity contribution in [1.29, 1.82) is 0 Å². The molecule has 4 nitrogen and oxygen atoms in total. The van der Waals surface area contributed by atoms with E-state index in [4.69, 9.17) is 10.2 Å². The van der Waals surface area contributed by atoms with Crippen LogP contribution in [0.25, 0.3) is 0 Å². The van der Waals surface area contributed by atoms with Crippen LogP contribution in [0.15, 0.2) is 23.3 Å². The maximum absolute atomic E-state index is 10.4. The summed E-state index contributed by atoms with van der Waals surface area (Å²) in [7, 11) is 0. The summed E-state index contributed by atoms with van der Waals surface area (Å²) in [5.41, 5.74) is 0.230. The van der Waals surface area contributed by atoms with Crippen molar-refractivity contribution >= 4 is 11.9 Å². The predicted octanol–water partition coefficient (Wildman–Crippen LogP) is 0.802. The second kappa shape index (κ2) is 3.21. The Morgan fingerprint density at radius 1 is 1.25 bits per heavy atom. The lowest BCUT2D eigenvalue weighted by Crippen LogP contribution is -2.08. The number of carboxylic acid groups (broad SMARTS) is 2. The van der Waals surface area contributed by atoms with E-state index in [-0.39, 0.29) is 11.1 Å². The van der Waals surface area contributed by atoms with Gasteiger partial charge in [0.1, 0.15) is 0 Å². The molecular weight excluding hydrogens is 160 g/mol. The zero-order chi connectivity index (χ0) is 9.14. The van der Waals surface area contributed by atoms with Crippen molar-refractivity contribution in [1.82, 2.24) is 0 Å². The van der Waals surface area contributed by atoms with Gasteiger partial charge < -0.3 is 10.2 Å². The Morgan fingerprint density at radius 3 is 2.42 bits per heavy atom. The molecule has 0 saturated heterocycles. The number of rotatable bonds is 2. The highest BCUT2D eigenvalue weighted by atomic mass is 16.4. The van der Waals surface area contributed by atoms with E-state index < -0.39 is 11.9 Å². The van der Waals surface area contributed by atoms with Gasteiger partial charge in [0, 0.05) is 5.57 Å². The highest BCUT2D eigenvalue weighted by Gasteiger charge is 2.14. The fourth-order valence-electron chi connectivity index (χ4n) is 1.02. The molecule has 0 heterocycles. The maximum atomic E-state index is 10.4. The standard InChI is InChI=1S/C8H8O4/c9-7(10)5-2-1-3-6(4-5)8(11)12/h2,4H,1,3H2,(H,9,10)(H,11,12). The van der Waals surface area contributed by atoms with Gasteiger partial charge in [0.25, 0.3) is 0 Å². The highest BCUT2D eigenvalue weighted by molar-refractivity contribution is 5.95. The van der Waals surface area contributed by atoms with E-state index >= 15 is 0 Å². The number of hydrogen-bond donors (Lipinski definition) is 2. The van der Waals surface area contributed by atoms with Crippen molar-refractivity contribution in [3.8, 4) is 0 Å². The molecule has 0 amide bonds. The molecule has 0 atom stereocenters. The van der Waals surface area contributed by atoms with E-state index in [9.17, 15) is 9.59 Å². The van der Waals surface area contributed by atoms with Gasteiger partial charge in [0.05, 0.1) is 5.57 Å². The monoisotopic (exact) mass is 168 g/mol. The van der Waals surface area contributed by atoms with Crippen LogP contribution in [0.2, 0.25) is 0 Å². The zero-order valence-electron chi connectivity index (χ0n) is 6.28. The minimum Gasteiger partial charge on any atom is -0.478 e. The van der Waals surface area contributed by atoms with Crippen molar-refractivity contribution in [2.75, 3.05) is 0 Å². The summed E-state index contributed by atoms with van der Waals surface area (Å²) in [5, 5.41) is 17.1. The Bertz CT molecular complexity index is 285. The second-order valence-corrected chi connectivity index (χ2v) is 2.48. The summed E-state index contributed by atoms with van der Waals surface area (Å²) in [6, 6.07) is 0. The van der Waals surface area contributed by atoms with Crippen LogP contribution in [0.5, 0.6) is 0 Å². The molecule has 12 heavy (non-hydrogen) atoms. The molecule has 0 saturated carbocycles. The van der Waals surface area contributed by atoms with Gasteiger partial charge in [-0.15, -0.1) is 0 Å². The van der Waals surface area contributed by atoms with Gasteiger partial charge in [0.2, 0.25) is 0 Å². The summed E-state index contributed by atoms with van der Waals surface area (Å²) in [5.74, 6) is -2.12. The van der Waals surface area contributed by atoms with Gasteiger partial charge in [0.15, 0.2) is 0 Å². The maximum Gasteiger partial charge on any atom is 0.335 e. The number of aliphatic carboxylic acids is 2. The molecule has 4 heteroatoms. The Labute approximate surface area is 68.8 Å². The summed E-state index contributed by atoms with van der Waals surface area (Å²) < 4.78 is 0. The summed E-state index contributed by atoms with van der Waals surface area (Å²) in [4.78, 5) is 20.9. The number of carboxylic acids is 2. The van der Waals surface area contributed by atoms with Crippen LogP contribution in [-0.2, 0) is 9.59 Å². The molecule has 2 N–H and O–H groups in total. The van der Waals surface area contributed by atoms with Gasteiger partial charge >= 0.3 is 11.9 Å². The van der Waals surface area contributed by atoms with Crippen molar-refractivity contribution in [2.24, 2.45) is 0 Å². The first-order valence-electron chi connectivity index (χ1n) is 3.48. The molecule has 0 radical (unpaired) electrons. The van der Waals surface area contributed by atoms with Gasteiger partial charge in [-0.3, -0.25) is 0 Å². The molecule has 0 fully saturated rings. The molecule has 0 spiro atoms. The molecule has 0 aliphatic heterocycles. The summed E-state index contributed by atoms with van der Waals surface area (Å²) in [6.07, 6.45) is 3.62. The first-order valence-corrected chi connectivity index (χ1v) is 3.48. The largest absolute Gasteiger partial charge is 0.478 e. The second-order valence-electron chi connectivity index (χ2n) is 2.48. The predicted molar refractivity (Wildman–Crippen MR) is 40.7 cm³/mol. The molecule has 0 aromatic carbocycles. The van der Waals surface area contributed by atoms with Crippen molar-refractivity contribution in [3.63, 3.8) is 0 Å². The molecule has 0 aromatic rings. The van der Waals surface area contributed by atoms with Crippen LogP contribution < -0.4 is 0 Å². The number of hydrogen-bond acceptors (Lipinski definition) is 2. The van der Waals surface area contributed by atoms with E-state index in [1.807, 2.05) is 0 Å². The van der Waals surface area contributed by atoms with Crippen LogP contribution in [0.3, 0.4) is 0 Å². The summed E-state index contributed by atoms with van der Waals surface area (Å²) >= 11 is 0. The highest BCUT2D eigenvalue weighted by Crippen LogP contribution is 2.17. The van der Waals surface area contributed by atoms with Gasteiger partial charge in [-0.05, 0) is 18.9 Å². The Kier molecular flexibility index (Phi) is 2.28. The Hall–Kier alpha value is -1.58. The molecular formula is C8H8O4. The van der Waals surface area contributed by atoms with Crippen LogP contribution in [0, 0.1) is 0 Å². The lowest BCUT2D eigenvalue weighted by atomic mass is 10.00. The normalized spacial score (nSPS) is 16.3. The van der Waals surface area contributed by atoms with E-state index in [1.165, 1.54) is 12.2 Å². The van der Waals surface area contributed by atoms with Crippen LogP contribution >= 0.6 is 0 Å². The van der Waals surface area contributed by atoms with Crippen LogP contribution in [0.4, 0.5) is 0 Å². The van der Waals surface area contributed by atoms with Gasteiger partial charge in [-0.1, -0.05) is 6.08 Å². The van der Waals surface area contributed by atoms with E-state index in [0.29, 0.717) is 12.8 Å². The van der Waals surface area contributed by atoms with Gasteiger partial charge in [-0.2, -0.15) is 0 Å². The quantitative estimate of drug-likeness (QED) is 0.639. The van der Waals surface area contributed by atoms with Crippen molar-refractivity contribution in [2.45, 2.75) is 12.8 Å². The number of carbonyl (C=O) groups is 2. The SMILES string of the molecule is O=C(O)C1=CCCC(C(=O)O)=C1. The molecule has 0 bridgehead atoms. The molecule has 0 unspecified atom stereocenters. The molecule has 1 aliphatic rings. The first kappa shape index (κ1) is 8.52. The number of allylic oxidation sites excluding steroid dienone is 1. The average molecular weight is 168 g/mol. The molecule has 0 aromatic heterocycles. The smallest absolute Gasteiger partial charge is 0.335 e. The third kappa shape index (κ3) is 1.72. The lowest BCUT2D eigenvalue weighted by Gasteiger charge is -2.06. The Morgan fingerprint density at radius 2 is 1.92 bits per heavy atom. The molecule has 64 valence electrons. The van der Waals surface area contributed by atoms with E-state index in [0.717, 1.165) is 0 Å². The Balaban J connectivity index is 2.88.